The Labute approximate surface area is 117 Å². The second kappa shape index (κ2) is 5.95. The second-order valence-electron chi connectivity index (χ2n) is 5.92. The van der Waals surface area contributed by atoms with E-state index < -0.39 is 0 Å². The van der Waals surface area contributed by atoms with E-state index in [1.54, 1.807) is 0 Å². The van der Waals surface area contributed by atoms with Gasteiger partial charge in [0.1, 0.15) is 5.82 Å². The quantitative estimate of drug-likeness (QED) is 0.888. The van der Waals surface area contributed by atoms with Crippen molar-refractivity contribution in [2.75, 3.05) is 11.4 Å². The van der Waals surface area contributed by atoms with Crippen molar-refractivity contribution in [3.05, 3.63) is 11.3 Å². The zero-order valence-electron chi connectivity index (χ0n) is 12.8. The standard InChI is InChI=1S/C15H28N4/c1-5-19(13-8-6-7-9-13)15-14(10-11(2)16)12(3)17-18(15)4/h11,13H,5-10,16H2,1-4H3. The summed E-state index contributed by atoms with van der Waals surface area (Å²) in [5, 5.41) is 4.62. The van der Waals surface area contributed by atoms with E-state index in [4.69, 9.17) is 5.73 Å². The molecule has 4 nitrogen and oxygen atoms in total. The van der Waals surface area contributed by atoms with Crippen LogP contribution in [0.4, 0.5) is 5.82 Å². The molecule has 0 aromatic carbocycles. The van der Waals surface area contributed by atoms with Crippen LogP contribution in [-0.4, -0.2) is 28.4 Å². The third-order valence-corrected chi connectivity index (χ3v) is 4.22. The van der Waals surface area contributed by atoms with Gasteiger partial charge >= 0.3 is 0 Å². The Morgan fingerprint density at radius 2 is 2.05 bits per heavy atom. The van der Waals surface area contributed by atoms with Crippen molar-refractivity contribution < 1.29 is 0 Å². The lowest BCUT2D eigenvalue weighted by Gasteiger charge is -2.31. The van der Waals surface area contributed by atoms with Crippen molar-refractivity contribution >= 4 is 5.82 Å². The number of nitrogens with zero attached hydrogens (tertiary/aromatic N) is 3. The van der Waals surface area contributed by atoms with Crippen LogP contribution in [0.25, 0.3) is 0 Å². The van der Waals surface area contributed by atoms with Gasteiger partial charge in [-0.25, -0.2) is 0 Å². The van der Waals surface area contributed by atoms with E-state index in [2.05, 4.69) is 42.5 Å². The van der Waals surface area contributed by atoms with Gasteiger partial charge in [0.2, 0.25) is 0 Å². The fourth-order valence-corrected chi connectivity index (χ4v) is 3.41. The summed E-state index contributed by atoms with van der Waals surface area (Å²) < 4.78 is 2.05. The minimum atomic E-state index is 0.184. The van der Waals surface area contributed by atoms with E-state index in [-0.39, 0.29) is 6.04 Å². The molecule has 1 unspecified atom stereocenters. The molecule has 1 aliphatic rings. The molecule has 108 valence electrons. The van der Waals surface area contributed by atoms with E-state index in [9.17, 15) is 0 Å². The minimum absolute atomic E-state index is 0.184. The van der Waals surface area contributed by atoms with Gasteiger partial charge in [-0.2, -0.15) is 5.10 Å². The van der Waals surface area contributed by atoms with E-state index in [1.165, 1.54) is 37.1 Å². The third-order valence-electron chi connectivity index (χ3n) is 4.22. The van der Waals surface area contributed by atoms with Gasteiger partial charge in [-0.15, -0.1) is 0 Å². The van der Waals surface area contributed by atoms with Gasteiger partial charge in [0.15, 0.2) is 0 Å². The molecule has 19 heavy (non-hydrogen) atoms. The highest BCUT2D eigenvalue weighted by Gasteiger charge is 2.27. The average Bonchev–Trinajstić information content (AvgIpc) is 2.93. The molecule has 2 rings (SSSR count). The van der Waals surface area contributed by atoms with Crippen LogP contribution in [0, 0.1) is 6.92 Å². The van der Waals surface area contributed by atoms with Crippen LogP contribution in [0.15, 0.2) is 0 Å². The van der Waals surface area contributed by atoms with Gasteiger partial charge in [-0.1, -0.05) is 12.8 Å². The van der Waals surface area contributed by atoms with Gasteiger partial charge in [0.25, 0.3) is 0 Å². The minimum Gasteiger partial charge on any atom is -0.354 e. The predicted octanol–water partition coefficient (Wildman–Crippen LogP) is 2.39. The summed E-state index contributed by atoms with van der Waals surface area (Å²) in [5.74, 6) is 1.30. The number of hydrogen-bond acceptors (Lipinski definition) is 3. The Kier molecular flexibility index (Phi) is 4.50. The molecule has 0 saturated heterocycles. The van der Waals surface area contributed by atoms with Gasteiger partial charge in [0, 0.05) is 31.2 Å². The highest BCUT2D eigenvalue weighted by atomic mass is 15.4. The number of anilines is 1. The highest BCUT2D eigenvalue weighted by Crippen LogP contribution is 2.31. The molecular formula is C15H28N4. The Morgan fingerprint density at radius 1 is 1.42 bits per heavy atom. The number of aromatic nitrogens is 2. The molecule has 4 heteroatoms. The first-order valence-electron chi connectivity index (χ1n) is 7.59. The van der Waals surface area contributed by atoms with Gasteiger partial charge in [-0.3, -0.25) is 4.68 Å². The molecule has 0 amide bonds. The summed E-state index contributed by atoms with van der Waals surface area (Å²) in [5.41, 5.74) is 8.48. The molecule has 1 aromatic heterocycles. The molecule has 1 saturated carbocycles. The Morgan fingerprint density at radius 3 is 2.58 bits per heavy atom. The highest BCUT2D eigenvalue weighted by molar-refractivity contribution is 5.51. The largest absolute Gasteiger partial charge is 0.354 e. The summed E-state index contributed by atoms with van der Waals surface area (Å²) in [7, 11) is 2.06. The summed E-state index contributed by atoms with van der Waals surface area (Å²) in [6, 6.07) is 0.871. The van der Waals surface area contributed by atoms with Crippen LogP contribution in [0.1, 0.15) is 50.8 Å². The van der Waals surface area contributed by atoms with Crippen molar-refractivity contribution in [2.24, 2.45) is 12.8 Å². The molecule has 0 bridgehead atoms. The van der Waals surface area contributed by atoms with Crippen molar-refractivity contribution in [3.8, 4) is 0 Å². The van der Waals surface area contributed by atoms with E-state index >= 15 is 0 Å². The van der Waals surface area contributed by atoms with Crippen LogP contribution >= 0.6 is 0 Å². The molecule has 1 aromatic rings. The lowest BCUT2D eigenvalue weighted by atomic mass is 10.1. The maximum absolute atomic E-state index is 6.01. The summed E-state index contributed by atoms with van der Waals surface area (Å²) in [4.78, 5) is 2.55. The fourth-order valence-electron chi connectivity index (χ4n) is 3.41. The van der Waals surface area contributed by atoms with Crippen LogP contribution in [0.5, 0.6) is 0 Å². The van der Waals surface area contributed by atoms with Crippen molar-refractivity contribution in [1.82, 2.24) is 9.78 Å². The van der Waals surface area contributed by atoms with Crippen molar-refractivity contribution in [3.63, 3.8) is 0 Å². The molecule has 0 radical (unpaired) electrons. The third kappa shape index (κ3) is 2.94. The zero-order valence-corrected chi connectivity index (χ0v) is 12.8. The summed E-state index contributed by atoms with van der Waals surface area (Å²) >= 11 is 0. The molecule has 0 spiro atoms. The summed E-state index contributed by atoms with van der Waals surface area (Å²) in [6.45, 7) is 7.47. The van der Waals surface area contributed by atoms with Gasteiger partial charge < -0.3 is 10.6 Å². The van der Waals surface area contributed by atoms with Crippen LogP contribution < -0.4 is 10.6 Å². The molecular weight excluding hydrogens is 236 g/mol. The lowest BCUT2D eigenvalue weighted by Crippen LogP contribution is -2.35. The van der Waals surface area contributed by atoms with Crippen LogP contribution in [0.2, 0.25) is 0 Å². The van der Waals surface area contributed by atoms with Gasteiger partial charge in [0.05, 0.1) is 5.69 Å². The van der Waals surface area contributed by atoms with Crippen molar-refractivity contribution in [2.45, 2.75) is 65.0 Å². The maximum Gasteiger partial charge on any atom is 0.130 e. The Hall–Kier alpha value is -1.03. The monoisotopic (exact) mass is 264 g/mol. The van der Waals surface area contributed by atoms with E-state index in [0.717, 1.165) is 18.7 Å². The van der Waals surface area contributed by atoms with Crippen LogP contribution in [0.3, 0.4) is 0 Å². The molecule has 1 atom stereocenters. The average molecular weight is 264 g/mol. The lowest BCUT2D eigenvalue weighted by molar-refractivity contribution is 0.588. The smallest absolute Gasteiger partial charge is 0.130 e. The van der Waals surface area contributed by atoms with E-state index in [1.807, 2.05) is 0 Å². The number of rotatable bonds is 5. The SMILES string of the molecule is CCN(c1c(CC(C)N)c(C)nn1C)C1CCCC1. The first-order chi connectivity index (χ1) is 9.04. The number of hydrogen-bond donors (Lipinski definition) is 1. The van der Waals surface area contributed by atoms with E-state index in [0.29, 0.717) is 6.04 Å². The second-order valence-corrected chi connectivity index (χ2v) is 5.92. The summed E-state index contributed by atoms with van der Waals surface area (Å²) in [6.07, 6.45) is 6.27. The Balaban J connectivity index is 2.34. The zero-order chi connectivity index (χ0) is 14.0. The first-order valence-corrected chi connectivity index (χ1v) is 7.59. The Bertz CT molecular complexity index is 416. The molecule has 0 aliphatic heterocycles. The normalized spacial score (nSPS) is 17.9. The fraction of sp³-hybridized carbons (Fsp3) is 0.800. The van der Waals surface area contributed by atoms with Crippen molar-refractivity contribution in [1.29, 1.82) is 0 Å². The molecule has 1 aliphatic carbocycles. The molecule has 2 N–H and O–H groups in total. The topological polar surface area (TPSA) is 47.1 Å². The predicted molar refractivity (Wildman–Crippen MR) is 80.6 cm³/mol. The number of nitrogens with two attached hydrogens (primary N) is 1. The molecule has 1 fully saturated rings. The molecule has 1 heterocycles. The number of aryl methyl sites for hydroxylation is 2. The first kappa shape index (κ1) is 14.4. The van der Waals surface area contributed by atoms with Gasteiger partial charge in [-0.05, 0) is 40.0 Å². The maximum atomic E-state index is 6.01. The van der Waals surface area contributed by atoms with Crippen LogP contribution in [-0.2, 0) is 13.5 Å².